The highest BCUT2D eigenvalue weighted by molar-refractivity contribution is 7.80. The molecule has 1 N–H and O–H groups in total. The van der Waals surface area contributed by atoms with E-state index in [0.29, 0.717) is 0 Å². The van der Waals surface area contributed by atoms with E-state index in [-0.39, 0.29) is 39.7 Å². The van der Waals surface area contributed by atoms with Crippen molar-refractivity contribution in [2.24, 2.45) is 0 Å². The topological polar surface area (TPSA) is 177 Å². The van der Waals surface area contributed by atoms with Gasteiger partial charge in [-0.1, -0.05) is 0 Å². The van der Waals surface area contributed by atoms with Crippen molar-refractivity contribution >= 4 is 21.5 Å². The minimum atomic E-state index is -4.65. The quantitative estimate of drug-likeness (QED) is 0.494. The van der Waals surface area contributed by atoms with Gasteiger partial charge in [0.05, 0.1) is 7.11 Å². The van der Waals surface area contributed by atoms with Gasteiger partial charge in [-0.05, 0) is 12.1 Å². The summed E-state index contributed by atoms with van der Waals surface area (Å²) in [7, 11) is -3.38. The van der Waals surface area contributed by atoms with E-state index in [9.17, 15) is 8.42 Å². The maximum Gasteiger partial charge on any atom is 0.397 e. The number of methoxy groups -OCH3 is 1. The van der Waals surface area contributed by atoms with Crippen LogP contribution in [0.3, 0.4) is 0 Å². The van der Waals surface area contributed by atoms with Gasteiger partial charge < -0.3 is 9.47 Å². The Morgan fingerprint density at radius 1 is 0.962 bits per heavy atom. The molecule has 0 saturated carbocycles. The SMILES string of the molecule is COc1cc(=C(C#N)C#N)c(OCCOS(=O)(=O)O)cc1=C(C#N)C#N. The van der Waals surface area contributed by atoms with Crippen molar-refractivity contribution in [1.29, 1.82) is 21.0 Å². The first-order valence-electron chi connectivity index (χ1n) is 6.63. The number of rotatable bonds is 6. The fourth-order valence-corrected chi connectivity index (χ4v) is 2.10. The molecule has 0 heterocycles. The van der Waals surface area contributed by atoms with E-state index < -0.39 is 17.0 Å². The third-order valence-corrected chi connectivity index (χ3v) is 3.33. The van der Waals surface area contributed by atoms with Crippen molar-refractivity contribution in [3.8, 4) is 35.8 Å². The van der Waals surface area contributed by atoms with Crippen LogP contribution in [0.5, 0.6) is 11.5 Å². The van der Waals surface area contributed by atoms with E-state index in [1.165, 1.54) is 19.2 Å². The van der Waals surface area contributed by atoms with Crippen LogP contribution in [-0.4, -0.2) is 33.3 Å². The summed E-state index contributed by atoms with van der Waals surface area (Å²) in [6.07, 6.45) is 0. The highest BCUT2D eigenvalue weighted by Crippen LogP contribution is 2.10. The molecule has 0 aromatic heterocycles. The summed E-state index contributed by atoms with van der Waals surface area (Å²) < 4.78 is 44.0. The Hall–Kier alpha value is -3.61. The lowest BCUT2D eigenvalue weighted by Gasteiger charge is -2.09. The average molecular weight is 374 g/mol. The molecular weight excluding hydrogens is 364 g/mol. The van der Waals surface area contributed by atoms with Crippen LogP contribution in [-0.2, 0) is 14.6 Å². The van der Waals surface area contributed by atoms with Gasteiger partial charge in [-0.3, -0.25) is 4.55 Å². The summed E-state index contributed by atoms with van der Waals surface area (Å²) in [6, 6.07) is 9.14. The van der Waals surface area contributed by atoms with Crippen LogP contribution in [0, 0.1) is 45.3 Å². The summed E-state index contributed by atoms with van der Waals surface area (Å²) in [5.41, 5.74) is -0.640. The molecule has 0 radical (unpaired) electrons. The Morgan fingerprint density at radius 3 is 1.85 bits per heavy atom. The highest BCUT2D eigenvalue weighted by Gasteiger charge is 2.11. The van der Waals surface area contributed by atoms with Crippen LogP contribution in [0.1, 0.15) is 0 Å². The molecule has 26 heavy (non-hydrogen) atoms. The van der Waals surface area contributed by atoms with Crippen LogP contribution < -0.4 is 19.9 Å². The summed E-state index contributed by atoms with van der Waals surface area (Å²) in [5, 5.41) is 36.3. The van der Waals surface area contributed by atoms with Gasteiger partial charge in [0, 0.05) is 10.4 Å². The molecule has 11 heteroatoms. The maximum atomic E-state index is 10.5. The van der Waals surface area contributed by atoms with Crippen LogP contribution in [0.2, 0.25) is 0 Å². The van der Waals surface area contributed by atoms with Gasteiger partial charge in [-0.15, -0.1) is 0 Å². The monoisotopic (exact) mass is 374 g/mol. The molecule has 1 aromatic carbocycles. The first-order valence-corrected chi connectivity index (χ1v) is 7.99. The molecule has 1 rings (SSSR count). The molecule has 0 unspecified atom stereocenters. The normalized spacial score (nSPS) is 9.77. The maximum absolute atomic E-state index is 10.5. The molecule has 132 valence electrons. The molecule has 0 bridgehead atoms. The zero-order valence-corrected chi connectivity index (χ0v) is 14.1. The van der Waals surface area contributed by atoms with Crippen LogP contribution in [0.25, 0.3) is 11.1 Å². The van der Waals surface area contributed by atoms with Crippen molar-refractivity contribution in [2.75, 3.05) is 20.3 Å². The number of nitriles is 4. The largest absolute Gasteiger partial charge is 0.496 e. The van der Waals surface area contributed by atoms with Crippen LogP contribution in [0.15, 0.2) is 12.1 Å². The van der Waals surface area contributed by atoms with Crippen molar-refractivity contribution in [1.82, 2.24) is 0 Å². The minimum absolute atomic E-state index is 0.0117. The third-order valence-electron chi connectivity index (χ3n) is 2.86. The van der Waals surface area contributed by atoms with E-state index in [1.807, 2.05) is 0 Å². The summed E-state index contributed by atoms with van der Waals surface area (Å²) in [4.78, 5) is 0. The van der Waals surface area contributed by atoms with Gasteiger partial charge in [0.25, 0.3) is 0 Å². The lowest BCUT2D eigenvalue weighted by Crippen LogP contribution is -2.21. The molecule has 0 aliphatic rings. The fraction of sp³-hybridized carbons (Fsp3) is 0.200. The van der Waals surface area contributed by atoms with E-state index in [0.717, 1.165) is 0 Å². The second-order valence-corrected chi connectivity index (χ2v) is 5.44. The summed E-state index contributed by atoms with van der Waals surface area (Å²) >= 11 is 0. The average Bonchev–Trinajstić information content (AvgIpc) is 2.61. The molecule has 10 nitrogen and oxygen atoms in total. The molecule has 0 saturated heterocycles. The molecule has 0 aliphatic carbocycles. The van der Waals surface area contributed by atoms with Crippen LogP contribution in [0.4, 0.5) is 0 Å². The van der Waals surface area contributed by atoms with E-state index >= 15 is 0 Å². The van der Waals surface area contributed by atoms with E-state index in [4.69, 9.17) is 35.1 Å². The molecule has 0 fully saturated rings. The fourth-order valence-electron chi connectivity index (χ4n) is 1.82. The summed E-state index contributed by atoms with van der Waals surface area (Å²) in [6.45, 7) is -0.932. The lowest BCUT2D eigenvalue weighted by atomic mass is 10.1. The standard InChI is InChI=1S/C15H10N4O6S/c1-23-14-4-13(11(8-18)9-19)15(5-12(14)10(6-16)7-17)24-2-3-25-26(20,21)22/h4-5H,2-3H2,1H3,(H,20,21,22). The van der Waals surface area contributed by atoms with Gasteiger partial charge in [0.2, 0.25) is 0 Å². The van der Waals surface area contributed by atoms with Gasteiger partial charge in [0.15, 0.2) is 0 Å². The van der Waals surface area contributed by atoms with Crippen molar-refractivity contribution in [3.05, 3.63) is 22.6 Å². The summed E-state index contributed by atoms with van der Waals surface area (Å²) in [5.74, 6) is -0.0246. The zero-order chi connectivity index (χ0) is 19.7. The number of ether oxygens (including phenoxy) is 2. The van der Waals surface area contributed by atoms with Gasteiger partial charge in [-0.2, -0.15) is 29.5 Å². The third kappa shape index (κ3) is 5.20. The molecule has 0 aliphatic heterocycles. The van der Waals surface area contributed by atoms with Crippen molar-refractivity contribution < 1.29 is 26.6 Å². The Kier molecular flexibility index (Phi) is 7.09. The molecule has 1 aromatic rings. The smallest absolute Gasteiger partial charge is 0.397 e. The predicted octanol–water partition coefficient (Wildman–Crippen LogP) is -0.711. The van der Waals surface area contributed by atoms with Crippen molar-refractivity contribution in [3.63, 3.8) is 0 Å². The van der Waals surface area contributed by atoms with Crippen LogP contribution >= 0.6 is 0 Å². The lowest BCUT2D eigenvalue weighted by molar-refractivity contribution is 0.201. The highest BCUT2D eigenvalue weighted by atomic mass is 32.3. The number of benzene rings is 1. The van der Waals surface area contributed by atoms with E-state index in [1.54, 1.807) is 24.3 Å². The first-order chi connectivity index (χ1) is 12.3. The van der Waals surface area contributed by atoms with Gasteiger partial charge in [0.1, 0.15) is 60.1 Å². The number of hydrogen-bond donors (Lipinski definition) is 1. The number of nitrogens with zero attached hydrogens (tertiary/aromatic N) is 4. The Balaban J connectivity index is 3.59. The molecule has 0 spiro atoms. The first kappa shape index (κ1) is 20.4. The Morgan fingerprint density at radius 2 is 1.42 bits per heavy atom. The van der Waals surface area contributed by atoms with Crippen molar-refractivity contribution in [2.45, 2.75) is 0 Å². The zero-order valence-electron chi connectivity index (χ0n) is 13.3. The molecular formula is C15H10N4O6S. The van der Waals surface area contributed by atoms with E-state index in [2.05, 4.69) is 4.18 Å². The Bertz CT molecular complexity index is 1070. The van der Waals surface area contributed by atoms with Gasteiger partial charge in [-0.25, -0.2) is 4.18 Å². The molecule has 0 atom stereocenters. The Labute approximate surface area is 148 Å². The predicted molar refractivity (Wildman–Crippen MR) is 84.5 cm³/mol. The molecule has 0 amide bonds. The number of hydrogen-bond acceptors (Lipinski definition) is 9. The van der Waals surface area contributed by atoms with Gasteiger partial charge >= 0.3 is 10.4 Å². The minimum Gasteiger partial charge on any atom is -0.496 e. The second-order valence-electron chi connectivity index (χ2n) is 4.34. The second kappa shape index (κ2) is 9.03.